The highest BCUT2D eigenvalue weighted by Crippen LogP contribution is 2.29. The summed E-state index contributed by atoms with van der Waals surface area (Å²) in [4.78, 5) is 15.1. The van der Waals surface area contributed by atoms with Gasteiger partial charge in [-0.25, -0.2) is 0 Å². The van der Waals surface area contributed by atoms with Crippen molar-refractivity contribution in [1.29, 1.82) is 0 Å². The molecule has 1 aliphatic rings. The maximum Gasteiger partial charge on any atom is 0.308 e. The summed E-state index contributed by atoms with van der Waals surface area (Å²) in [6.45, 7) is 2.01. The summed E-state index contributed by atoms with van der Waals surface area (Å²) in [5, 5.41) is 12.3. The van der Waals surface area contributed by atoms with Crippen LogP contribution in [0.25, 0.3) is 0 Å². The molecular weight excluding hydrogens is 204 g/mol. The van der Waals surface area contributed by atoms with Crippen molar-refractivity contribution in [3.05, 3.63) is 30.1 Å². The number of aromatic nitrogens is 1. The number of nitrogens with zero attached hydrogens (tertiary/aromatic N) is 1. The molecule has 4 nitrogen and oxygen atoms in total. The second-order valence-corrected chi connectivity index (χ2v) is 4.27. The van der Waals surface area contributed by atoms with Crippen LogP contribution >= 0.6 is 0 Å². The Bertz CT molecular complexity index is 367. The fraction of sp³-hybridized carbons (Fsp3) is 0.500. The highest BCUT2D eigenvalue weighted by molar-refractivity contribution is 5.72. The van der Waals surface area contributed by atoms with Crippen molar-refractivity contribution in [1.82, 2.24) is 10.3 Å². The zero-order valence-corrected chi connectivity index (χ0v) is 9.26. The summed E-state index contributed by atoms with van der Waals surface area (Å²) in [5.41, 5.74) is 0.957. The minimum Gasteiger partial charge on any atom is -0.481 e. The Morgan fingerprint density at radius 3 is 2.88 bits per heavy atom. The minimum absolute atomic E-state index is 0.0921. The van der Waals surface area contributed by atoms with Crippen molar-refractivity contribution < 1.29 is 9.90 Å². The highest BCUT2D eigenvalue weighted by atomic mass is 16.4. The number of hydrogen-bond donors (Lipinski definition) is 2. The lowest BCUT2D eigenvalue weighted by Gasteiger charge is -2.36. The first-order valence-corrected chi connectivity index (χ1v) is 5.58. The molecule has 2 unspecified atom stereocenters. The van der Waals surface area contributed by atoms with Gasteiger partial charge < -0.3 is 10.4 Å². The molecule has 1 aromatic heterocycles. The van der Waals surface area contributed by atoms with Gasteiger partial charge in [0.05, 0.1) is 11.6 Å². The molecule has 0 bridgehead atoms. The Morgan fingerprint density at radius 1 is 1.56 bits per heavy atom. The van der Waals surface area contributed by atoms with E-state index in [-0.39, 0.29) is 18.0 Å². The van der Waals surface area contributed by atoms with E-state index in [0.717, 1.165) is 18.5 Å². The number of nitrogens with one attached hydrogen (secondary N) is 1. The summed E-state index contributed by atoms with van der Waals surface area (Å²) >= 11 is 0. The van der Waals surface area contributed by atoms with Crippen molar-refractivity contribution in [3.63, 3.8) is 0 Å². The number of hydrogen-bond acceptors (Lipinski definition) is 3. The van der Waals surface area contributed by atoms with E-state index in [1.165, 1.54) is 0 Å². The Balaban J connectivity index is 1.93. The van der Waals surface area contributed by atoms with E-state index >= 15 is 0 Å². The Hall–Kier alpha value is -1.42. The molecule has 1 saturated carbocycles. The molecule has 0 amide bonds. The lowest BCUT2D eigenvalue weighted by molar-refractivity contribution is -0.146. The SMILES string of the molecule is C[C@H](NC1CCC1C(=O)O)c1ccccn1. The number of carbonyl (C=O) groups is 1. The number of carboxylic acids is 1. The summed E-state index contributed by atoms with van der Waals surface area (Å²) in [6, 6.07) is 5.96. The molecule has 86 valence electrons. The lowest BCUT2D eigenvalue weighted by Crippen LogP contribution is -2.48. The summed E-state index contributed by atoms with van der Waals surface area (Å²) in [6.07, 6.45) is 3.47. The lowest BCUT2D eigenvalue weighted by atomic mass is 9.79. The third-order valence-electron chi connectivity index (χ3n) is 3.19. The molecule has 16 heavy (non-hydrogen) atoms. The van der Waals surface area contributed by atoms with E-state index in [1.807, 2.05) is 25.1 Å². The molecule has 2 N–H and O–H groups in total. The van der Waals surface area contributed by atoms with Crippen LogP contribution in [-0.2, 0) is 4.79 Å². The first kappa shape index (κ1) is 11.1. The average Bonchev–Trinajstić information content (AvgIpc) is 2.24. The number of rotatable bonds is 4. The summed E-state index contributed by atoms with van der Waals surface area (Å²) in [5.74, 6) is -0.928. The van der Waals surface area contributed by atoms with Crippen LogP contribution < -0.4 is 5.32 Å². The first-order valence-electron chi connectivity index (χ1n) is 5.58. The van der Waals surface area contributed by atoms with Crippen LogP contribution in [0.4, 0.5) is 0 Å². The van der Waals surface area contributed by atoms with Gasteiger partial charge in [0, 0.05) is 18.3 Å². The number of aliphatic carboxylic acids is 1. The van der Waals surface area contributed by atoms with Gasteiger partial charge in [-0.1, -0.05) is 6.07 Å². The smallest absolute Gasteiger partial charge is 0.308 e. The van der Waals surface area contributed by atoms with Gasteiger partial charge in [0.25, 0.3) is 0 Å². The fourth-order valence-corrected chi connectivity index (χ4v) is 2.03. The van der Waals surface area contributed by atoms with Gasteiger partial charge in [0.15, 0.2) is 0 Å². The van der Waals surface area contributed by atoms with Crippen LogP contribution in [-0.4, -0.2) is 22.1 Å². The molecule has 1 heterocycles. The molecule has 1 fully saturated rings. The summed E-state index contributed by atoms with van der Waals surface area (Å²) < 4.78 is 0. The Labute approximate surface area is 94.7 Å². The third kappa shape index (κ3) is 2.22. The van der Waals surface area contributed by atoms with Gasteiger partial charge in [-0.15, -0.1) is 0 Å². The molecule has 1 aliphatic carbocycles. The van der Waals surface area contributed by atoms with Crippen molar-refractivity contribution in [3.8, 4) is 0 Å². The van der Waals surface area contributed by atoms with E-state index in [4.69, 9.17) is 5.11 Å². The van der Waals surface area contributed by atoms with Gasteiger partial charge in [0.1, 0.15) is 0 Å². The molecule has 0 spiro atoms. The van der Waals surface area contributed by atoms with E-state index < -0.39 is 5.97 Å². The normalized spacial score (nSPS) is 25.8. The van der Waals surface area contributed by atoms with Crippen molar-refractivity contribution in [2.75, 3.05) is 0 Å². The third-order valence-corrected chi connectivity index (χ3v) is 3.19. The molecule has 1 aromatic rings. The largest absolute Gasteiger partial charge is 0.481 e. The quantitative estimate of drug-likeness (QED) is 0.809. The predicted octanol–water partition coefficient (Wildman–Crippen LogP) is 1.60. The summed E-state index contributed by atoms with van der Waals surface area (Å²) in [7, 11) is 0. The van der Waals surface area contributed by atoms with Crippen LogP contribution in [0.3, 0.4) is 0 Å². The molecule has 3 atom stereocenters. The fourth-order valence-electron chi connectivity index (χ4n) is 2.03. The molecule has 0 aliphatic heterocycles. The number of pyridine rings is 1. The maximum absolute atomic E-state index is 10.9. The molecule has 2 rings (SSSR count). The maximum atomic E-state index is 10.9. The molecule has 0 aromatic carbocycles. The van der Waals surface area contributed by atoms with Crippen molar-refractivity contribution in [2.24, 2.45) is 5.92 Å². The Kier molecular flexibility index (Phi) is 3.19. The van der Waals surface area contributed by atoms with Crippen LogP contribution in [0.5, 0.6) is 0 Å². The second-order valence-electron chi connectivity index (χ2n) is 4.27. The average molecular weight is 220 g/mol. The van der Waals surface area contributed by atoms with E-state index in [9.17, 15) is 4.79 Å². The number of carboxylic acid groups (broad SMARTS) is 1. The van der Waals surface area contributed by atoms with Gasteiger partial charge in [0.2, 0.25) is 0 Å². The van der Waals surface area contributed by atoms with Crippen molar-refractivity contribution >= 4 is 5.97 Å². The van der Waals surface area contributed by atoms with Crippen LogP contribution in [0.1, 0.15) is 31.5 Å². The van der Waals surface area contributed by atoms with E-state index in [0.29, 0.717) is 0 Å². The Morgan fingerprint density at radius 2 is 2.38 bits per heavy atom. The standard InChI is InChI=1S/C12H16N2O2/c1-8(10-4-2-3-7-13-10)14-11-6-5-9(11)12(15)16/h2-4,7-9,11,14H,5-6H2,1H3,(H,15,16)/t8-,9?,11?/m0/s1. The monoisotopic (exact) mass is 220 g/mol. The molecule has 4 heteroatoms. The predicted molar refractivity (Wildman–Crippen MR) is 59.9 cm³/mol. The zero-order chi connectivity index (χ0) is 11.5. The highest BCUT2D eigenvalue weighted by Gasteiger charge is 2.37. The van der Waals surface area contributed by atoms with Gasteiger partial charge in [-0.2, -0.15) is 0 Å². The van der Waals surface area contributed by atoms with Gasteiger partial charge >= 0.3 is 5.97 Å². The molecular formula is C12H16N2O2. The van der Waals surface area contributed by atoms with E-state index in [1.54, 1.807) is 6.20 Å². The van der Waals surface area contributed by atoms with Crippen LogP contribution in [0.15, 0.2) is 24.4 Å². The van der Waals surface area contributed by atoms with Gasteiger partial charge in [-0.3, -0.25) is 9.78 Å². The molecule has 0 saturated heterocycles. The van der Waals surface area contributed by atoms with Crippen LogP contribution in [0, 0.1) is 5.92 Å². The van der Waals surface area contributed by atoms with Crippen molar-refractivity contribution in [2.45, 2.75) is 31.8 Å². The topological polar surface area (TPSA) is 62.2 Å². The van der Waals surface area contributed by atoms with Crippen LogP contribution in [0.2, 0.25) is 0 Å². The molecule has 0 radical (unpaired) electrons. The van der Waals surface area contributed by atoms with E-state index in [2.05, 4.69) is 10.3 Å². The van der Waals surface area contributed by atoms with Gasteiger partial charge in [-0.05, 0) is 31.9 Å². The zero-order valence-electron chi connectivity index (χ0n) is 9.26. The minimum atomic E-state index is -0.697. The first-order chi connectivity index (χ1) is 7.68. The second kappa shape index (κ2) is 4.61.